The third-order valence-corrected chi connectivity index (χ3v) is 3.04. The summed E-state index contributed by atoms with van der Waals surface area (Å²) >= 11 is 0. The van der Waals surface area contributed by atoms with Crippen molar-refractivity contribution in [2.24, 2.45) is 0 Å². The quantitative estimate of drug-likeness (QED) is 0.876. The number of benzene rings is 1. The van der Waals surface area contributed by atoms with Crippen molar-refractivity contribution in [1.29, 1.82) is 0 Å². The molecule has 7 heteroatoms. The Labute approximate surface area is 133 Å². The van der Waals surface area contributed by atoms with Gasteiger partial charge in [0.05, 0.1) is 17.9 Å². The van der Waals surface area contributed by atoms with E-state index in [2.05, 4.69) is 10.2 Å². The average molecular weight is 321 g/mol. The van der Waals surface area contributed by atoms with Gasteiger partial charge in [-0.3, -0.25) is 0 Å². The molecule has 0 bridgehead atoms. The summed E-state index contributed by atoms with van der Waals surface area (Å²) in [5, 5.41) is 17.7. The fraction of sp³-hybridized carbons (Fsp3) is 0.438. The predicted octanol–water partition coefficient (Wildman–Crippen LogP) is 2.81. The zero-order chi connectivity index (χ0) is 17.2. The van der Waals surface area contributed by atoms with Crippen LogP contribution in [0.25, 0.3) is 5.69 Å². The van der Waals surface area contributed by atoms with Crippen molar-refractivity contribution in [2.75, 3.05) is 0 Å². The van der Waals surface area contributed by atoms with E-state index in [1.807, 2.05) is 0 Å². The van der Waals surface area contributed by atoms with E-state index in [-0.39, 0.29) is 11.3 Å². The predicted molar refractivity (Wildman–Crippen MR) is 81.7 cm³/mol. The van der Waals surface area contributed by atoms with Gasteiger partial charge in [-0.25, -0.2) is 9.18 Å². The van der Waals surface area contributed by atoms with E-state index in [9.17, 15) is 14.3 Å². The molecule has 0 saturated carbocycles. The van der Waals surface area contributed by atoms with Gasteiger partial charge in [-0.2, -0.15) is 10.2 Å². The smallest absolute Gasteiger partial charge is 0.338 e. The fourth-order valence-electron chi connectivity index (χ4n) is 1.89. The molecule has 1 unspecified atom stereocenters. The summed E-state index contributed by atoms with van der Waals surface area (Å²) in [6.07, 6.45) is 1.13. The molecule has 1 aromatic carbocycles. The number of aliphatic hydroxyl groups excluding tert-OH is 1. The second kappa shape index (κ2) is 6.45. The average Bonchev–Trinajstić information content (AvgIpc) is 2.94. The van der Waals surface area contributed by atoms with E-state index in [1.165, 1.54) is 18.3 Å². The first-order valence-electron chi connectivity index (χ1n) is 7.35. The number of carbonyl (C=O) groups is 1. The summed E-state index contributed by atoms with van der Waals surface area (Å²) in [6, 6.07) is 3.94. The normalized spacial score (nSPS) is 13.0. The van der Waals surface area contributed by atoms with Gasteiger partial charge in [0.25, 0.3) is 0 Å². The second-order valence-electron chi connectivity index (χ2n) is 6.15. The molecule has 1 N–H and O–H groups in total. The molecular weight excluding hydrogens is 301 g/mol. The summed E-state index contributed by atoms with van der Waals surface area (Å²) in [7, 11) is 0. The fourth-order valence-corrected chi connectivity index (χ4v) is 1.89. The molecule has 1 atom stereocenters. The van der Waals surface area contributed by atoms with Crippen LogP contribution in [0.1, 0.15) is 56.3 Å². The molecule has 0 aliphatic heterocycles. The molecule has 0 aliphatic carbocycles. The number of hydrogen-bond acceptors (Lipinski definition) is 5. The number of hydrogen-bond donors (Lipinski definition) is 1. The van der Waals surface area contributed by atoms with Crippen LogP contribution >= 0.6 is 0 Å². The lowest BCUT2D eigenvalue weighted by molar-refractivity contribution is 0.00690. The van der Waals surface area contributed by atoms with Crippen molar-refractivity contribution in [3.8, 4) is 5.69 Å². The Bertz CT molecular complexity index is 707. The van der Waals surface area contributed by atoms with Gasteiger partial charge < -0.3 is 9.84 Å². The van der Waals surface area contributed by atoms with E-state index in [4.69, 9.17) is 4.74 Å². The Morgan fingerprint density at radius 2 is 2.13 bits per heavy atom. The minimum absolute atomic E-state index is 0.0897. The first-order valence-corrected chi connectivity index (χ1v) is 7.35. The highest BCUT2D eigenvalue weighted by Crippen LogP contribution is 2.19. The molecule has 23 heavy (non-hydrogen) atoms. The topological polar surface area (TPSA) is 77.2 Å². The molecule has 0 fully saturated rings. The number of halogens is 1. The largest absolute Gasteiger partial charge is 0.456 e. The van der Waals surface area contributed by atoms with Crippen LogP contribution in [0.4, 0.5) is 4.39 Å². The van der Waals surface area contributed by atoms with E-state index < -0.39 is 23.5 Å². The number of aromatic nitrogens is 3. The van der Waals surface area contributed by atoms with Crippen molar-refractivity contribution in [3.63, 3.8) is 0 Å². The third kappa shape index (κ3) is 4.13. The first-order chi connectivity index (χ1) is 10.7. The van der Waals surface area contributed by atoms with Crippen molar-refractivity contribution in [1.82, 2.24) is 15.0 Å². The van der Waals surface area contributed by atoms with Gasteiger partial charge in [0, 0.05) is 0 Å². The van der Waals surface area contributed by atoms with Gasteiger partial charge in [0.15, 0.2) is 5.82 Å². The molecule has 0 amide bonds. The minimum atomic E-state index is -0.743. The Morgan fingerprint density at radius 3 is 2.70 bits per heavy atom. The van der Waals surface area contributed by atoms with Gasteiger partial charge in [-0.15, -0.1) is 4.80 Å². The van der Waals surface area contributed by atoms with Crippen LogP contribution < -0.4 is 0 Å². The molecule has 0 radical (unpaired) electrons. The standard InChI is InChI=1S/C16H20FN3O3/c1-5-14(21)12-9-18-20(19-12)13-7-6-10(8-11(13)17)15(22)23-16(2,3)4/h6-9,14,21H,5H2,1-4H3. The van der Waals surface area contributed by atoms with Gasteiger partial charge in [0.2, 0.25) is 0 Å². The van der Waals surface area contributed by atoms with E-state index in [0.717, 1.165) is 10.9 Å². The SMILES string of the molecule is CCC(O)c1cnn(-c2ccc(C(=O)OC(C)(C)C)cc2F)n1. The Kier molecular flexibility index (Phi) is 4.79. The van der Waals surface area contributed by atoms with Crippen LogP contribution in [0.2, 0.25) is 0 Å². The van der Waals surface area contributed by atoms with Crippen LogP contribution in [-0.4, -0.2) is 31.7 Å². The molecule has 1 aromatic heterocycles. The Balaban J connectivity index is 2.26. The summed E-state index contributed by atoms with van der Waals surface area (Å²) < 4.78 is 19.4. The van der Waals surface area contributed by atoms with Crippen molar-refractivity contribution >= 4 is 5.97 Å². The number of ether oxygens (including phenoxy) is 1. The van der Waals surface area contributed by atoms with Crippen molar-refractivity contribution < 1.29 is 19.0 Å². The highest BCUT2D eigenvalue weighted by Gasteiger charge is 2.20. The molecule has 1 heterocycles. The number of esters is 1. The summed E-state index contributed by atoms with van der Waals surface area (Å²) in [6.45, 7) is 7.03. The monoisotopic (exact) mass is 321 g/mol. The Hall–Kier alpha value is -2.28. The maximum atomic E-state index is 14.3. The van der Waals surface area contributed by atoms with Crippen LogP contribution in [0.5, 0.6) is 0 Å². The first kappa shape index (κ1) is 17.1. The van der Waals surface area contributed by atoms with Gasteiger partial charge in [-0.05, 0) is 45.4 Å². The van der Waals surface area contributed by atoms with E-state index in [1.54, 1.807) is 27.7 Å². The summed E-state index contributed by atoms with van der Waals surface area (Å²) in [5.41, 5.74) is -0.0850. The van der Waals surface area contributed by atoms with E-state index in [0.29, 0.717) is 12.1 Å². The minimum Gasteiger partial charge on any atom is -0.456 e. The molecule has 124 valence electrons. The highest BCUT2D eigenvalue weighted by molar-refractivity contribution is 5.89. The maximum absolute atomic E-state index is 14.3. The summed E-state index contributed by atoms with van der Waals surface area (Å²) in [4.78, 5) is 13.0. The Morgan fingerprint density at radius 1 is 1.43 bits per heavy atom. The lowest BCUT2D eigenvalue weighted by atomic mass is 10.1. The maximum Gasteiger partial charge on any atom is 0.338 e. The van der Waals surface area contributed by atoms with Crippen molar-refractivity contribution in [3.05, 3.63) is 41.5 Å². The number of aliphatic hydroxyl groups is 1. The van der Waals surface area contributed by atoms with Crippen LogP contribution in [0.3, 0.4) is 0 Å². The lowest BCUT2D eigenvalue weighted by Crippen LogP contribution is -2.24. The van der Waals surface area contributed by atoms with Gasteiger partial charge >= 0.3 is 5.97 Å². The number of rotatable bonds is 4. The second-order valence-corrected chi connectivity index (χ2v) is 6.15. The molecule has 2 rings (SSSR count). The van der Waals surface area contributed by atoms with Crippen LogP contribution in [-0.2, 0) is 4.74 Å². The molecule has 6 nitrogen and oxygen atoms in total. The molecule has 0 spiro atoms. The van der Waals surface area contributed by atoms with Crippen molar-refractivity contribution in [2.45, 2.75) is 45.8 Å². The molecular formula is C16H20FN3O3. The zero-order valence-corrected chi connectivity index (χ0v) is 13.6. The van der Waals surface area contributed by atoms with Crippen LogP contribution in [0.15, 0.2) is 24.4 Å². The van der Waals surface area contributed by atoms with Gasteiger partial charge in [0.1, 0.15) is 17.0 Å². The lowest BCUT2D eigenvalue weighted by Gasteiger charge is -2.19. The third-order valence-electron chi connectivity index (χ3n) is 3.04. The zero-order valence-electron chi connectivity index (χ0n) is 13.6. The molecule has 2 aromatic rings. The number of nitrogens with zero attached hydrogens (tertiary/aromatic N) is 3. The van der Waals surface area contributed by atoms with E-state index >= 15 is 0 Å². The number of carbonyl (C=O) groups excluding carboxylic acids is 1. The molecule has 0 aliphatic rings. The highest BCUT2D eigenvalue weighted by atomic mass is 19.1. The van der Waals surface area contributed by atoms with Gasteiger partial charge in [-0.1, -0.05) is 6.92 Å². The van der Waals surface area contributed by atoms with Crippen LogP contribution in [0, 0.1) is 5.82 Å². The molecule has 0 saturated heterocycles. The summed E-state index contributed by atoms with van der Waals surface area (Å²) in [5.74, 6) is -1.25.